The molecule has 0 radical (unpaired) electrons. The number of aromatic amines is 1. The van der Waals surface area contributed by atoms with Gasteiger partial charge in [-0.15, -0.1) is 0 Å². The van der Waals surface area contributed by atoms with E-state index in [1.165, 1.54) is 11.1 Å². The molecule has 0 saturated carbocycles. The summed E-state index contributed by atoms with van der Waals surface area (Å²) >= 11 is 0. The minimum absolute atomic E-state index is 0.206. The zero-order chi connectivity index (χ0) is 21.6. The highest BCUT2D eigenvalue weighted by Gasteiger charge is 2.27. The Labute approximate surface area is 184 Å². The molecule has 2 N–H and O–H groups in total. The molecule has 0 aliphatic carbocycles. The van der Waals surface area contributed by atoms with E-state index < -0.39 is 0 Å². The molecule has 2 heterocycles. The van der Waals surface area contributed by atoms with Crippen LogP contribution in [0.5, 0.6) is 5.75 Å². The fourth-order valence-electron chi connectivity index (χ4n) is 4.53. The van der Waals surface area contributed by atoms with Gasteiger partial charge in [0.15, 0.2) is 0 Å². The molecule has 164 valence electrons. The standard InChI is InChI=1S/C25H32N4O2/c1-19-14-20(8-9-24(19)31-2)16-29-12-11-28(18-23(29)10-13-30)17-22-15-26-27-25(22)21-6-4-3-5-7-21/h3-9,14-15,23,30H,10-13,16-18H2,1-2H3,(H,26,27)/t23-/m1/s1. The van der Waals surface area contributed by atoms with Crippen molar-refractivity contribution in [3.63, 3.8) is 0 Å². The van der Waals surface area contributed by atoms with Crippen LogP contribution in [0.2, 0.25) is 0 Å². The van der Waals surface area contributed by atoms with Crippen LogP contribution >= 0.6 is 0 Å². The van der Waals surface area contributed by atoms with Crippen LogP contribution < -0.4 is 4.74 Å². The largest absolute Gasteiger partial charge is 0.496 e. The summed E-state index contributed by atoms with van der Waals surface area (Å²) in [7, 11) is 1.71. The van der Waals surface area contributed by atoms with Gasteiger partial charge in [0.2, 0.25) is 0 Å². The van der Waals surface area contributed by atoms with Crippen LogP contribution in [0.1, 0.15) is 23.1 Å². The minimum Gasteiger partial charge on any atom is -0.496 e. The summed E-state index contributed by atoms with van der Waals surface area (Å²) in [6.07, 6.45) is 2.72. The number of H-pyrrole nitrogens is 1. The van der Waals surface area contributed by atoms with Crippen molar-refractivity contribution in [3.05, 3.63) is 71.4 Å². The number of hydrogen-bond acceptors (Lipinski definition) is 5. The molecule has 3 aromatic rings. The molecular weight excluding hydrogens is 388 g/mol. The fraction of sp³-hybridized carbons (Fsp3) is 0.400. The summed E-state index contributed by atoms with van der Waals surface area (Å²) in [5.74, 6) is 0.926. The highest BCUT2D eigenvalue weighted by Crippen LogP contribution is 2.25. The van der Waals surface area contributed by atoms with Crippen molar-refractivity contribution in [2.45, 2.75) is 32.5 Å². The van der Waals surface area contributed by atoms with E-state index in [0.29, 0.717) is 6.04 Å². The van der Waals surface area contributed by atoms with Gasteiger partial charge in [-0.2, -0.15) is 5.10 Å². The lowest BCUT2D eigenvalue weighted by Gasteiger charge is -2.41. The van der Waals surface area contributed by atoms with E-state index in [4.69, 9.17) is 4.74 Å². The van der Waals surface area contributed by atoms with Gasteiger partial charge in [0.25, 0.3) is 0 Å². The second-order valence-electron chi connectivity index (χ2n) is 8.31. The number of ether oxygens (including phenoxy) is 1. The van der Waals surface area contributed by atoms with E-state index in [1.54, 1.807) is 7.11 Å². The lowest BCUT2D eigenvalue weighted by atomic mass is 10.0. The predicted molar refractivity (Wildman–Crippen MR) is 123 cm³/mol. The van der Waals surface area contributed by atoms with Gasteiger partial charge in [-0.05, 0) is 36.1 Å². The van der Waals surface area contributed by atoms with E-state index in [1.807, 2.05) is 18.3 Å². The molecule has 0 amide bonds. The number of nitrogens with one attached hydrogen (secondary N) is 1. The molecule has 31 heavy (non-hydrogen) atoms. The van der Waals surface area contributed by atoms with Crippen molar-refractivity contribution in [2.75, 3.05) is 33.4 Å². The lowest BCUT2D eigenvalue weighted by Crippen LogP contribution is -2.52. The maximum Gasteiger partial charge on any atom is 0.121 e. The van der Waals surface area contributed by atoms with Gasteiger partial charge >= 0.3 is 0 Å². The van der Waals surface area contributed by atoms with Crippen molar-refractivity contribution in [1.82, 2.24) is 20.0 Å². The normalized spacial score (nSPS) is 17.7. The van der Waals surface area contributed by atoms with E-state index >= 15 is 0 Å². The first-order chi connectivity index (χ1) is 15.2. The van der Waals surface area contributed by atoms with Gasteiger partial charge in [0, 0.05) is 50.9 Å². The minimum atomic E-state index is 0.206. The Morgan fingerprint density at radius 1 is 1.13 bits per heavy atom. The van der Waals surface area contributed by atoms with Gasteiger partial charge in [-0.1, -0.05) is 42.5 Å². The van der Waals surface area contributed by atoms with Gasteiger partial charge in [-0.3, -0.25) is 14.9 Å². The summed E-state index contributed by atoms with van der Waals surface area (Å²) in [5.41, 5.74) is 5.92. The molecule has 2 aromatic carbocycles. The highest BCUT2D eigenvalue weighted by atomic mass is 16.5. The molecule has 4 rings (SSSR count). The third-order valence-corrected chi connectivity index (χ3v) is 6.17. The molecule has 0 bridgehead atoms. The monoisotopic (exact) mass is 420 g/mol. The third kappa shape index (κ3) is 5.15. The van der Waals surface area contributed by atoms with Crippen LogP contribution in [0.3, 0.4) is 0 Å². The maximum atomic E-state index is 9.67. The number of aryl methyl sites for hydroxylation is 1. The van der Waals surface area contributed by atoms with E-state index in [9.17, 15) is 5.11 Å². The molecule has 1 aliphatic heterocycles. The van der Waals surface area contributed by atoms with Crippen molar-refractivity contribution in [2.24, 2.45) is 0 Å². The SMILES string of the molecule is COc1ccc(CN2CCN(Cc3cn[nH]c3-c3ccccc3)C[C@H]2CCO)cc1C. The van der Waals surface area contributed by atoms with Crippen molar-refractivity contribution in [3.8, 4) is 17.0 Å². The summed E-state index contributed by atoms with van der Waals surface area (Å²) in [6.45, 7) is 6.96. The molecule has 1 saturated heterocycles. The number of methoxy groups -OCH3 is 1. The first-order valence-electron chi connectivity index (χ1n) is 11.0. The van der Waals surface area contributed by atoms with E-state index in [-0.39, 0.29) is 6.61 Å². The van der Waals surface area contributed by atoms with Gasteiger partial charge in [0.05, 0.1) is 19.0 Å². The summed E-state index contributed by atoms with van der Waals surface area (Å²) in [5, 5.41) is 17.1. The number of nitrogens with zero attached hydrogens (tertiary/aromatic N) is 3. The van der Waals surface area contributed by atoms with Crippen LogP contribution in [0, 0.1) is 6.92 Å². The average Bonchev–Trinajstić information content (AvgIpc) is 3.24. The zero-order valence-corrected chi connectivity index (χ0v) is 18.4. The van der Waals surface area contributed by atoms with Gasteiger partial charge < -0.3 is 9.84 Å². The predicted octanol–water partition coefficient (Wildman–Crippen LogP) is 3.46. The average molecular weight is 421 g/mol. The number of rotatable bonds is 8. The third-order valence-electron chi connectivity index (χ3n) is 6.17. The zero-order valence-electron chi connectivity index (χ0n) is 18.4. The number of aliphatic hydroxyl groups is 1. The van der Waals surface area contributed by atoms with Crippen LogP contribution in [-0.2, 0) is 13.1 Å². The summed E-state index contributed by atoms with van der Waals surface area (Å²) in [6, 6.07) is 17.1. The smallest absolute Gasteiger partial charge is 0.121 e. The maximum absolute atomic E-state index is 9.67. The number of aliphatic hydroxyl groups excluding tert-OH is 1. The Bertz CT molecular complexity index is 973. The molecule has 1 aliphatic rings. The summed E-state index contributed by atoms with van der Waals surface area (Å²) in [4.78, 5) is 4.98. The topological polar surface area (TPSA) is 64.6 Å². The van der Waals surface area contributed by atoms with E-state index in [2.05, 4.69) is 63.3 Å². The Kier molecular flexibility index (Phi) is 7.02. The van der Waals surface area contributed by atoms with E-state index in [0.717, 1.165) is 61.7 Å². The second kappa shape index (κ2) is 10.1. The quantitative estimate of drug-likeness (QED) is 0.584. The molecular formula is C25H32N4O2. The summed E-state index contributed by atoms with van der Waals surface area (Å²) < 4.78 is 5.39. The van der Waals surface area contributed by atoms with Gasteiger partial charge in [0.1, 0.15) is 5.75 Å². The van der Waals surface area contributed by atoms with Crippen LogP contribution in [0.25, 0.3) is 11.3 Å². The lowest BCUT2D eigenvalue weighted by molar-refractivity contribution is 0.0500. The van der Waals surface area contributed by atoms with Crippen molar-refractivity contribution < 1.29 is 9.84 Å². The number of aromatic nitrogens is 2. The molecule has 0 spiro atoms. The Hall–Kier alpha value is -2.67. The first-order valence-corrected chi connectivity index (χ1v) is 11.0. The molecule has 1 fully saturated rings. The number of hydrogen-bond donors (Lipinski definition) is 2. The van der Waals surface area contributed by atoms with Crippen LogP contribution in [-0.4, -0.2) is 64.5 Å². The number of benzene rings is 2. The van der Waals surface area contributed by atoms with Gasteiger partial charge in [-0.25, -0.2) is 0 Å². The molecule has 1 atom stereocenters. The highest BCUT2D eigenvalue weighted by molar-refractivity contribution is 5.62. The number of piperazine rings is 1. The molecule has 6 heteroatoms. The van der Waals surface area contributed by atoms with Crippen LogP contribution in [0.4, 0.5) is 0 Å². The second-order valence-corrected chi connectivity index (χ2v) is 8.31. The Morgan fingerprint density at radius 3 is 2.71 bits per heavy atom. The Balaban J connectivity index is 1.43. The van der Waals surface area contributed by atoms with Crippen molar-refractivity contribution >= 4 is 0 Å². The molecule has 1 aromatic heterocycles. The van der Waals surface area contributed by atoms with Crippen LogP contribution in [0.15, 0.2) is 54.7 Å². The van der Waals surface area contributed by atoms with Crippen molar-refractivity contribution in [1.29, 1.82) is 0 Å². The molecule has 0 unspecified atom stereocenters. The molecule has 6 nitrogen and oxygen atoms in total. The Morgan fingerprint density at radius 2 is 1.97 bits per heavy atom. The first kappa shape index (κ1) is 21.6. The fourth-order valence-corrected chi connectivity index (χ4v) is 4.53.